The van der Waals surface area contributed by atoms with Crippen molar-refractivity contribution in [3.8, 4) is 10.6 Å². The molecule has 0 bridgehead atoms. The number of nitrogens with zero attached hydrogens (tertiary/aromatic N) is 3. The molecule has 2 rings (SSSR count). The Morgan fingerprint density at radius 1 is 1.35 bits per heavy atom. The fraction of sp³-hybridized carbons (Fsp3) is 0.417. The van der Waals surface area contributed by atoms with Gasteiger partial charge in [-0.1, -0.05) is 25.2 Å². The van der Waals surface area contributed by atoms with Crippen LogP contribution < -0.4 is 5.32 Å². The summed E-state index contributed by atoms with van der Waals surface area (Å²) >= 11 is 1.62. The Bertz CT molecular complexity index is 493. The molecule has 2 aromatic heterocycles. The average Bonchev–Trinajstić information content (AvgIpc) is 2.75. The lowest BCUT2D eigenvalue weighted by molar-refractivity contribution is 0.585. The minimum atomic E-state index is 0.463. The van der Waals surface area contributed by atoms with Crippen molar-refractivity contribution < 1.29 is 0 Å². The maximum absolute atomic E-state index is 4.21. The van der Waals surface area contributed by atoms with Gasteiger partial charge in [0.25, 0.3) is 0 Å². The molecule has 0 fully saturated rings. The van der Waals surface area contributed by atoms with Crippen LogP contribution in [0.25, 0.3) is 10.6 Å². The number of hydrogen-bond donors (Lipinski definition) is 1. The summed E-state index contributed by atoms with van der Waals surface area (Å²) in [5.41, 5.74) is 2.09. The predicted molar refractivity (Wildman–Crippen MR) is 69.9 cm³/mol. The summed E-state index contributed by atoms with van der Waals surface area (Å²) in [7, 11) is 0. The lowest BCUT2D eigenvalue weighted by Gasteiger charge is -2.03. The second-order valence-electron chi connectivity index (χ2n) is 4.22. The van der Waals surface area contributed by atoms with E-state index in [0.717, 1.165) is 27.8 Å². The number of hydrogen-bond acceptors (Lipinski definition) is 5. The molecule has 0 saturated heterocycles. The zero-order chi connectivity index (χ0) is 12.3. The minimum absolute atomic E-state index is 0.463. The molecule has 90 valence electrons. The summed E-state index contributed by atoms with van der Waals surface area (Å²) < 4.78 is 0. The van der Waals surface area contributed by atoms with Crippen molar-refractivity contribution >= 4 is 11.3 Å². The van der Waals surface area contributed by atoms with E-state index in [9.17, 15) is 0 Å². The lowest BCUT2D eigenvalue weighted by atomic mass is 10.2. The highest BCUT2D eigenvalue weighted by atomic mass is 32.1. The zero-order valence-corrected chi connectivity index (χ0v) is 11.1. The predicted octanol–water partition coefficient (Wildman–Crippen LogP) is 2.41. The van der Waals surface area contributed by atoms with E-state index in [4.69, 9.17) is 0 Å². The third-order valence-corrected chi connectivity index (χ3v) is 3.24. The average molecular weight is 248 g/mol. The number of nitrogens with one attached hydrogen (secondary N) is 1. The molecule has 1 N–H and O–H groups in total. The fourth-order valence-corrected chi connectivity index (χ4v) is 2.20. The summed E-state index contributed by atoms with van der Waals surface area (Å²) in [5.74, 6) is 0. The monoisotopic (exact) mass is 248 g/mol. The van der Waals surface area contributed by atoms with Gasteiger partial charge in [0.15, 0.2) is 0 Å². The molecular formula is C12H16N4S. The SMILES string of the molecule is Cc1cc(-c2nnc(CNC(C)C)s2)ccn1. The smallest absolute Gasteiger partial charge is 0.147 e. The van der Waals surface area contributed by atoms with Gasteiger partial charge in [0.1, 0.15) is 10.0 Å². The van der Waals surface area contributed by atoms with Gasteiger partial charge in [-0.05, 0) is 19.1 Å². The maximum atomic E-state index is 4.21. The molecule has 0 spiro atoms. The molecule has 5 heteroatoms. The molecular weight excluding hydrogens is 232 g/mol. The fourth-order valence-electron chi connectivity index (χ4n) is 1.41. The van der Waals surface area contributed by atoms with E-state index < -0.39 is 0 Å². The first-order valence-electron chi connectivity index (χ1n) is 5.64. The Kier molecular flexibility index (Phi) is 3.81. The van der Waals surface area contributed by atoms with E-state index in [2.05, 4.69) is 34.3 Å². The third kappa shape index (κ3) is 3.31. The molecule has 0 amide bonds. The number of pyridine rings is 1. The Hall–Kier alpha value is -1.33. The molecule has 0 aliphatic carbocycles. The van der Waals surface area contributed by atoms with Gasteiger partial charge in [-0.25, -0.2) is 0 Å². The van der Waals surface area contributed by atoms with Gasteiger partial charge in [0, 0.05) is 30.0 Å². The van der Waals surface area contributed by atoms with Crippen LogP contribution in [0.4, 0.5) is 0 Å². The van der Waals surface area contributed by atoms with Crippen LogP contribution in [0.1, 0.15) is 24.5 Å². The van der Waals surface area contributed by atoms with Crippen LogP contribution in [0.3, 0.4) is 0 Å². The topological polar surface area (TPSA) is 50.7 Å². The highest BCUT2D eigenvalue weighted by molar-refractivity contribution is 7.14. The van der Waals surface area contributed by atoms with Crippen molar-refractivity contribution in [3.63, 3.8) is 0 Å². The molecule has 0 radical (unpaired) electrons. The first kappa shape index (κ1) is 12.1. The number of rotatable bonds is 4. The van der Waals surface area contributed by atoms with Gasteiger partial charge in [-0.2, -0.15) is 0 Å². The Morgan fingerprint density at radius 2 is 2.18 bits per heavy atom. The van der Waals surface area contributed by atoms with Gasteiger partial charge in [-0.15, -0.1) is 10.2 Å². The van der Waals surface area contributed by atoms with Gasteiger partial charge in [0.05, 0.1) is 0 Å². The largest absolute Gasteiger partial charge is 0.308 e. The van der Waals surface area contributed by atoms with Crippen molar-refractivity contribution in [1.82, 2.24) is 20.5 Å². The van der Waals surface area contributed by atoms with E-state index in [1.165, 1.54) is 0 Å². The minimum Gasteiger partial charge on any atom is -0.308 e. The van der Waals surface area contributed by atoms with Crippen LogP contribution in [0, 0.1) is 6.92 Å². The standard InChI is InChI=1S/C12H16N4S/c1-8(2)14-7-11-15-16-12(17-11)10-4-5-13-9(3)6-10/h4-6,8,14H,7H2,1-3H3. The highest BCUT2D eigenvalue weighted by Crippen LogP contribution is 2.23. The lowest BCUT2D eigenvalue weighted by Crippen LogP contribution is -2.21. The first-order chi connectivity index (χ1) is 8.15. The number of aromatic nitrogens is 3. The van der Waals surface area contributed by atoms with Gasteiger partial charge < -0.3 is 5.32 Å². The molecule has 17 heavy (non-hydrogen) atoms. The molecule has 0 saturated carbocycles. The second-order valence-corrected chi connectivity index (χ2v) is 5.28. The molecule has 0 aliphatic rings. The van der Waals surface area contributed by atoms with Crippen LogP contribution in [-0.4, -0.2) is 21.2 Å². The summed E-state index contributed by atoms with van der Waals surface area (Å²) in [6.45, 7) is 6.99. The Balaban J connectivity index is 2.12. The summed E-state index contributed by atoms with van der Waals surface area (Å²) in [5, 5.41) is 13.7. The normalized spacial score (nSPS) is 11.1. The van der Waals surface area contributed by atoms with E-state index in [1.807, 2.05) is 19.1 Å². The van der Waals surface area contributed by atoms with Crippen LogP contribution in [0.15, 0.2) is 18.3 Å². The van der Waals surface area contributed by atoms with Crippen LogP contribution >= 0.6 is 11.3 Å². The van der Waals surface area contributed by atoms with Crippen LogP contribution in [-0.2, 0) is 6.54 Å². The Labute approximate surface area is 105 Å². The van der Waals surface area contributed by atoms with Crippen LogP contribution in [0.5, 0.6) is 0 Å². The molecule has 2 aromatic rings. The first-order valence-corrected chi connectivity index (χ1v) is 6.45. The summed E-state index contributed by atoms with van der Waals surface area (Å²) in [6.07, 6.45) is 1.80. The highest BCUT2D eigenvalue weighted by Gasteiger charge is 2.07. The van der Waals surface area contributed by atoms with E-state index in [0.29, 0.717) is 6.04 Å². The van der Waals surface area contributed by atoms with Gasteiger partial charge in [0.2, 0.25) is 0 Å². The molecule has 0 aromatic carbocycles. The van der Waals surface area contributed by atoms with E-state index in [-0.39, 0.29) is 0 Å². The van der Waals surface area contributed by atoms with Crippen molar-refractivity contribution in [2.24, 2.45) is 0 Å². The Morgan fingerprint density at radius 3 is 2.88 bits per heavy atom. The molecule has 0 aliphatic heterocycles. The number of aryl methyl sites for hydroxylation is 1. The van der Waals surface area contributed by atoms with Crippen LogP contribution in [0.2, 0.25) is 0 Å². The summed E-state index contributed by atoms with van der Waals surface area (Å²) in [6, 6.07) is 4.46. The molecule has 4 nitrogen and oxygen atoms in total. The van der Waals surface area contributed by atoms with Crippen molar-refractivity contribution in [2.45, 2.75) is 33.4 Å². The van der Waals surface area contributed by atoms with Gasteiger partial charge >= 0.3 is 0 Å². The molecule has 2 heterocycles. The zero-order valence-electron chi connectivity index (χ0n) is 10.3. The van der Waals surface area contributed by atoms with Crippen molar-refractivity contribution in [1.29, 1.82) is 0 Å². The third-order valence-electron chi connectivity index (χ3n) is 2.27. The van der Waals surface area contributed by atoms with E-state index >= 15 is 0 Å². The quantitative estimate of drug-likeness (QED) is 0.902. The van der Waals surface area contributed by atoms with Crippen molar-refractivity contribution in [3.05, 3.63) is 29.0 Å². The van der Waals surface area contributed by atoms with E-state index in [1.54, 1.807) is 17.5 Å². The molecule has 0 unspecified atom stereocenters. The maximum Gasteiger partial charge on any atom is 0.147 e. The molecule has 0 atom stereocenters. The summed E-state index contributed by atoms with van der Waals surface area (Å²) in [4.78, 5) is 4.18. The van der Waals surface area contributed by atoms with Crippen molar-refractivity contribution in [2.75, 3.05) is 0 Å². The van der Waals surface area contributed by atoms with Gasteiger partial charge in [-0.3, -0.25) is 4.98 Å². The second kappa shape index (κ2) is 5.33.